The van der Waals surface area contributed by atoms with Crippen molar-refractivity contribution in [1.82, 2.24) is 5.32 Å². The van der Waals surface area contributed by atoms with Gasteiger partial charge in [-0.2, -0.15) is 17.0 Å². The van der Waals surface area contributed by atoms with Crippen molar-refractivity contribution < 1.29 is 4.79 Å². The van der Waals surface area contributed by atoms with E-state index < -0.39 is 5.54 Å². The first-order valence-electron chi connectivity index (χ1n) is 3.23. The number of nitriles is 1. The fourth-order valence-corrected chi connectivity index (χ4v) is 0.878. The summed E-state index contributed by atoms with van der Waals surface area (Å²) in [7, 11) is 0. The van der Waals surface area contributed by atoms with Crippen LogP contribution in [0.1, 0.15) is 13.8 Å². The minimum atomic E-state index is -0.743. The van der Waals surface area contributed by atoms with Crippen LogP contribution in [0.2, 0.25) is 0 Å². The Labute approximate surface area is 71.2 Å². The summed E-state index contributed by atoms with van der Waals surface area (Å²) in [5.74, 6) is 0.314. The van der Waals surface area contributed by atoms with E-state index in [0.29, 0.717) is 5.75 Å². The van der Waals surface area contributed by atoms with E-state index in [-0.39, 0.29) is 5.91 Å². The van der Waals surface area contributed by atoms with E-state index in [2.05, 4.69) is 5.32 Å². The van der Waals surface area contributed by atoms with Crippen LogP contribution in [0.5, 0.6) is 0 Å². The van der Waals surface area contributed by atoms with Crippen molar-refractivity contribution in [2.24, 2.45) is 0 Å². The molecule has 1 amide bonds. The summed E-state index contributed by atoms with van der Waals surface area (Å²) in [5.41, 5.74) is -0.743. The van der Waals surface area contributed by atoms with Gasteiger partial charge in [0.05, 0.1) is 11.8 Å². The molecule has 11 heavy (non-hydrogen) atoms. The quantitative estimate of drug-likeness (QED) is 0.684. The van der Waals surface area contributed by atoms with E-state index in [4.69, 9.17) is 5.26 Å². The maximum absolute atomic E-state index is 10.9. The predicted molar refractivity (Wildman–Crippen MR) is 46.2 cm³/mol. The van der Waals surface area contributed by atoms with Crippen LogP contribution in [0.15, 0.2) is 0 Å². The SMILES string of the molecule is CSCC(=O)NC(C)(C)C#N. The summed E-state index contributed by atoms with van der Waals surface area (Å²) in [4.78, 5) is 10.9. The summed E-state index contributed by atoms with van der Waals surface area (Å²) < 4.78 is 0. The Kier molecular flexibility index (Phi) is 3.98. The standard InChI is InChI=1S/C7H12N2OS/c1-7(2,5-8)9-6(10)4-11-3/h4H2,1-3H3,(H,9,10). The fraction of sp³-hybridized carbons (Fsp3) is 0.714. The lowest BCUT2D eigenvalue weighted by Gasteiger charge is -2.16. The summed E-state index contributed by atoms with van der Waals surface area (Å²) in [6.45, 7) is 3.34. The highest BCUT2D eigenvalue weighted by Gasteiger charge is 2.18. The first kappa shape index (κ1) is 10.3. The first-order chi connectivity index (χ1) is 5.02. The second kappa shape index (κ2) is 4.24. The van der Waals surface area contributed by atoms with Crippen LogP contribution in [-0.4, -0.2) is 23.5 Å². The van der Waals surface area contributed by atoms with Crippen molar-refractivity contribution in [2.45, 2.75) is 19.4 Å². The highest BCUT2D eigenvalue weighted by atomic mass is 32.2. The zero-order chi connectivity index (χ0) is 8.91. The van der Waals surface area contributed by atoms with Crippen molar-refractivity contribution >= 4 is 17.7 Å². The Balaban J connectivity index is 3.86. The van der Waals surface area contributed by atoms with Gasteiger partial charge in [-0.3, -0.25) is 4.79 Å². The number of thioether (sulfide) groups is 1. The van der Waals surface area contributed by atoms with E-state index in [1.54, 1.807) is 13.8 Å². The molecule has 1 N–H and O–H groups in total. The number of amides is 1. The van der Waals surface area contributed by atoms with Gasteiger partial charge in [-0.25, -0.2) is 0 Å². The van der Waals surface area contributed by atoms with Gasteiger partial charge in [-0.1, -0.05) is 0 Å². The van der Waals surface area contributed by atoms with Crippen LogP contribution in [0.3, 0.4) is 0 Å². The molecule has 0 saturated carbocycles. The minimum absolute atomic E-state index is 0.0935. The molecule has 0 radical (unpaired) electrons. The highest BCUT2D eigenvalue weighted by Crippen LogP contribution is 2.00. The van der Waals surface area contributed by atoms with Crippen molar-refractivity contribution in [3.05, 3.63) is 0 Å². The summed E-state index contributed by atoms with van der Waals surface area (Å²) >= 11 is 1.44. The van der Waals surface area contributed by atoms with Crippen LogP contribution in [0.25, 0.3) is 0 Å². The molecular formula is C7H12N2OS. The second-order valence-electron chi connectivity index (χ2n) is 2.72. The molecule has 0 rings (SSSR count). The molecule has 0 aromatic carbocycles. The van der Waals surface area contributed by atoms with Crippen LogP contribution in [-0.2, 0) is 4.79 Å². The fourth-order valence-electron chi connectivity index (χ4n) is 0.544. The average Bonchev–Trinajstić information content (AvgIpc) is 1.87. The lowest BCUT2D eigenvalue weighted by Crippen LogP contribution is -2.42. The monoisotopic (exact) mass is 172 g/mol. The average molecular weight is 172 g/mol. The van der Waals surface area contributed by atoms with Gasteiger partial charge in [0.15, 0.2) is 0 Å². The Hall–Kier alpha value is -0.690. The van der Waals surface area contributed by atoms with Crippen LogP contribution >= 0.6 is 11.8 Å². The Bertz CT molecular complexity index is 183. The zero-order valence-electron chi connectivity index (χ0n) is 6.97. The Morgan fingerprint density at radius 1 is 1.73 bits per heavy atom. The molecule has 0 spiro atoms. The van der Waals surface area contributed by atoms with Gasteiger partial charge in [-0.05, 0) is 20.1 Å². The molecular weight excluding hydrogens is 160 g/mol. The molecule has 0 aliphatic heterocycles. The number of carbonyl (C=O) groups is 1. The largest absolute Gasteiger partial charge is 0.338 e. The molecule has 3 nitrogen and oxygen atoms in total. The predicted octanol–water partition coefficient (Wildman–Crippen LogP) is 0.768. The van der Waals surface area contributed by atoms with E-state index in [0.717, 1.165) is 0 Å². The van der Waals surface area contributed by atoms with Crippen molar-refractivity contribution in [3.63, 3.8) is 0 Å². The lowest BCUT2D eigenvalue weighted by atomic mass is 10.1. The third-order valence-corrected chi connectivity index (χ3v) is 1.56. The van der Waals surface area contributed by atoms with Crippen molar-refractivity contribution in [3.8, 4) is 6.07 Å². The van der Waals surface area contributed by atoms with Gasteiger partial charge in [0.25, 0.3) is 0 Å². The van der Waals surface area contributed by atoms with Crippen LogP contribution in [0, 0.1) is 11.3 Å². The van der Waals surface area contributed by atoms with E-state index in [1.165, 1.54) is 11.8 Å². The second-order valence-corrected chi connectivity index (χ2v) is 3.58. The van der Waals surface area contributed by atoms with Crippen molar-refractivity contribution in [2.75, 3.05) is 12.0 Å². The van der Waals surface area contributed by atoms with Crippen LogP contribution in [0.4, 0.5) is 0 Å². The number of hydrogen-bond donors (Lipinski definition) is 1. The first-order valence-corrected chi connectivity index (χ1v) is 4.62. The highest BCUT2D eigenvalue weighted by molar-refractivity contribution is 7.99. The Morgan fingerprint density at radius 2 is 2.27 bits per heavy atom. The van der Waals surface area contributed by atoms with E-state index >= 15 is 0 Å². The van der Waals surface area contributed by atoms with Gasteiger partial charge in [0.2, 0.25) is 5.91 Å². The van der Waals surface area contributed by atoms with Gasteiger partial charge >= 0.3 is 0 Å². The third kappa shape index (κ3) is 4.68. The molecule has 0 heterocycles. The lowest BCUT2D eigenvalue weighted by molar-refractivity contribution is -0.119. The summed E-state index contributed by atoms with van der Waals surface area (Å²) in [5, 5.41) is 11.1. The molecule has 62 valence electrons. The Morgan fingerprint density at radius 3 is 2.64 bits per heavy atom. The zero-order valence-corrected chi connectivity index (χ0v) is 7.79. The number of rotatable bonds is 3. The van der Waals surface area contributed by atoms with Gasteiger partial charge < -0.3 is 5.32 Å². The molecule has 4 heteroatoms. The molecule has 0 bridgehead atoms. The minimum Gasteiger partial charge on any atom is -0.338 e. The smallest absolute Gasteiger partial charge is 0.231 e. The molecule has 0 aromatic rings. The van der Waals surface area contributed by atoms with Crippen LogP contribution < -0.4 is 5.32 Å². The summed E-state index contributed by atoms with van der Waals surface area (Å²) in [6, 6.07) is 1.99. The van der Waals surface area contributed by atoms with Gasteiger partial charge in [0.1, 0.15) is 5.54 Å². The molecule has 0 fully saturated rings. The van der Waals surface area contributed by atoms with E-state index in [1.807, 2.05) is 12.3 Å². The topological polar surface area (TPSA) is 52.9 Å². The van der Waals surface area contributed by atoms with Gasteiger partial charge in [0, 0.05) is 0 Å². The molecule has 0 aliphatic carbocycles. The third-order valence-electron chi connectivity index (χ3n) is 1.01. The number of nitrogens with one attached hydrogen (secondary N) is 1. The summed E-state index contributed by atoms with van der Waals surface area (Å²) in [6.07, 6.45) is 1.85. The number of carbonyl (C=O) groups excluding carboxylic acids is 1. The normalized spacial score (nSPS) is 10.4. The molecule has 0 aromatic heterocycles. The number of nitrogens with zero attached hydrogens (tertiary/aromatic N) is 1. The number of hydrogen-bond acceptors (Lipinski definition) is 3. The molecule has 0 aliphatic rings. The van der Waals surface area contributed by atoms with Gasteiger partial charge in [-0.15, -0.1) is 0 Å². The molecule has 0 unspecified atom stereocenters. The van der Waals surface area contributed by atoms with E-state index in [9.17, 15) is 4.79 Å². The maximum atomic E-state index is 10.9. The molecule has 0 atom stereocenters. The van der Waals surface area contributed by atoms with Crippen molar-refractivity contribution in [1.29, 1.82) is 5.26 Å². The molecule has 0 saturated heterocycles. The maximum Gasteiger partial charge on any atom is 0.231 e.